The van der Waals surface area contributed by atoms with Gasteiger partial charge in [-0.05, 0) is 169 Å². The summed E-state index contributed by atoms with van der Waals surface area (Å²) in [6.45, 7) is 0. The zero-order valence-electron chi connectivity index (χ0n) is 33.9. The van der Waals surface area contributed by atoms with E-state index < -0.39 is 0 Å². The number of benzene rings is 7. The van der Waals surface area contributed by atoms with Gasteiger partial charge in [-0.2, -0.15) is 0 Å². The maximum atomic E-state index is 2.58. The van der Waals surface area contributed by atoms with Crippen LogP contribution in [0.4, 0.5) is 34.1 Å². The zero-order chi connectivity index (χ0) is 39.0. The average molecular weight is 765 g/mol. The van der Waals surface area contributed by atoms with Gasteiger partial charge < -0.3 is 9.80 Å². The first-order valence-electron chi connectivity index (χ1n) is 22.4. The number of anilines is 6. The molecule has 0 saturated heterocycles. The van der Waals surface area contributed by atoms with Gasteiger partial charge in [0.1, 0.15) is 0 Å². The fourth-order valence-electron chi connectivity index (χ4n) is 13.6. The minimum Gasteiger partial charge on any atom is -0.311 e. The first kappa shape index (κ1) is 35.1. The summed E-state index contributed by atoms with van der Waals surface area (Å²) in [5.74, 6) is 3.10. The molecule has 0 radical (unpaired) electrons. The van der Waals surface area contributed by atoms with Crippen LogP contribution in [-0.2, 0) is 10.8 Å². The van der Waals surface area contributed by atoms with Gasteiger partial charge in [0.05, 0.1) is 5.69 Å². The second-order valence-electron chi connectivity index (χ2n) is 18.5. The Bertz CT molecular complexity index is 2540. The van der Waals surface area contributed by atoms with E-state index in [9.17, 15) is 0 Å². The lowest BCUT2D eigenvalue weighted by atomic mass is 9.42. The van der Waals surface area contributed by atoms with Gasteiger partial charge in [-0.25, -0.2) is 0 Å². The SMILES string of the molecule is c1ccc(N(c2ccccc2)c2ccc(C3(c4ccc(N(c5ccccc5)c5cccc6c5C5(CCCC5)c5ccccc5-6)cc4)C4CC5CC(C4)CC3C5)cc2)cc1. The molecular weight excluding hydrogens is 713 g/mol. The van der Waals surface area contributed by atoms with E-state index in [0.29, 0.717) is 11.8 Å². The Kier molecular flexibility index (Phi) is 8.26. The number of hydrogen-bond acceptors (Lipinski definition) is 2. The highest BCUT2D eigenvalue weighted by Gasteiger charge is 2.58. The average Bonchev–Trinajstić information content (AvgIpc) is 3.90. The first-order chi connectivity index (χ1) is 29.2. The molecule has 0 unspecified atom stereocenters. The van der Waals surface area contributed by atoms with E-state index in [2.05, 4.69) is 192 Å². The Morgan fingerprint density at radius 1 is 0.373 bits per heavy atom. The van der Waals surface area contributed by atoms with E-state index in [1.807, 2.05) is 0 Å². The van der Waals surface area contributed by atoms with Crippen molar-refractivity contribution in [3.05, 3.63) is 204 Å². The lowest BCUT2D eigenvalue weighted by Gasteiger charge is -2.62. The molecule has 6 aliphatic carbocycles. The third-order valence-electron chi connectivity index (χ3n) is 15.6. The van der Waals surface area contributed by atoms with Gasteiger partial charge in [0.15, 0.2) is 0 Å². The van der Waals surface area contributed by atoms with Crippen LogP contribution >= 0.6 is 0 Å². The highest BCUT2D eigenvalue weighted by molar-refractivity contribution is 5.91. The molecule has 59 heavy (non-hydrogen) atoms. The van der Waals surface area contributed by atoms with Crippen LogP contribution in [0.15, 0.2) is 182 Å². The highest BCUT2D eigenvalue weighted by Crippen LogP contribution is 2.66. The van der Waals surface area contributed by atoms with Crippen LogP contribution < -0.4 is 9.80 Å². The zero-order valence-corrected chi connectivity index (χ0v) is 33.9. The van der Waals surface area contributed by atoms with Crippen LogP contribution in [0, 0.1) is 23.7 Å². The highest BCUT2D eigenvalue weighted by atomic mass is 15.1. The van der Waals surface area contributed by atoms with Gasteiger partial charge in [-0.1, -0.05) is 128 Å². The predicted molar refractivity (Wildman–Crippen MR) is 245 cm³/mol. The molecule has 0 aliphatic heterocycles. The van der Waals surface area contributed by atoms with Gasteiger partial charge >= 0.3 is 0 Å². The van der Waals surface area contributed by atoms with E-state index in [1.54, 1.807) is 0 Å². The lowest BCUT2D eigenvalue weighted by Crippen LogP contribution is -2.56. The van der Waals surface area contributed by atoms with Crippen molar-refractivity contribution < 1.29 is 0 Å². The maximum Gasteiger partial charge on any atom is 0.0508 e. The predicted octanol–water partition coefficient (Wildman–Crippen LogP) is 15.2. The fraction of sp³-hybridized carbons (Fsp3) is 0.263. The van der Waals surface area contributed by atoms with E-state index in [0.717, 1.165) is 11.8 Å². The molecule has 0 aromatic heterocycles. The molecule has 7 aromatic rings. The topological polar surface area (TPSA) is 6.48 Å². The van der Waals surface area contributed by atoms with Crippen molar-refractivity contribution in [3.63, 3.8) is 0 Å². The molecule has 1 spiro atoms. The van der Waals surface area contributed by atoms with E-state index in [4.69, 9.17) is 0 Å². The second-order valence-corrected chi connectivity index (χ2v) is 18.5. The number of nitrogens with zero attached hydrogens (tertiary/aromatic N) is 2. The van der Waals surface area contributed by atoms with Crippen LogP contribution in [0.2, 0.25) is 0 Å². The molecule has 7 aromatic carbocycles. The van der Waals surface area contributed by atoms with Crippen molar-refractivity contribution in [3.8, 4) is 11.1 Å². The van der Waals surface area contributed by atoms with Gasteiger partial charge in [-0.15, -0.1) is 0 Å². The second kappa shape index (κ2) is 13.9. The normalized spacial score (nSPS) is 24.2. The standard InChI is InChI=1S/C57H52N2/c1-4-15-46(16-5-1)58(47-17-6-2-7-18-47)49-29-25-42(26-30-49)57(44-36-40-35-41(38-44)39-45(57)37-40)43-27-31-50(32-28-43)59(48-19-8-3-9-20-48)54-24-14-22-52-51-21-10-11-23-53(51)56(55(52)54)33-12-13-34-56/h1-11,14-32,40-41,44-45H,12-13,33-39H2. The molecule has 5 fully saturated rings. The summed E-state index contributed by atoms with van der Waals surface area (Å²) < 4.78 is 0. The third kappa shape index (κ3) is 5.38. The van der Waals surface area contributed by atoms with Crippen molar-refractivity contribution in [2.24, 2.45) is 23.7 Å². The van der Waals surface area contributed by atoms with Crippen LogP contribution in [-0.4, -0.2) is 0 Å². The Morgan fingerprint density at radius 2 is 0.814 bits per heavy atom. The Hall–Kier alpha value is -5.86. The van der Waals surface area contributed by atoms with Crippen LogP contribution in [0.25, 0.3) is 11.1 Å². The number of fused-ring (bicyclic) bond motifs is 5. The molecule has 4 bridgehead atoms. The number of para-hydroxylation sites is 3. The molecular formula is C57H52N2. The van der Waals surface area contributed by atoms with Crippen molar-refractivity contribution in [2.45, 2.75) is 68.6 Å². The Morgan fingerprint density at radius 3 is 1.36 bits per heavy atom. The fourth-order valence-corrected chi connectivity index (χ4v) is 13.6. The van der Waals surface area contributed by atoms with Crippen LogP contribution in [0.1, 0.15) is 80.0 Å². The quantitative estimate of drug-likeness (QED) is 0.152. The summed E-state index contributed by atoms with van der Waals surface area (Å²) in [4.78, 5) is 4.98. The summed E-state index contributed by atoms with van der Waals surface area (Å²) >= 11 is 0. The molecule has 0 amide bonds. The molecule has 5 saturated carbocycles. The van der Waals surface area contributed by atoms with Gasteiger partial charge in [0.25, 0.3) is 0 Å². The molecule has 0 N–H and O–H groups in total. The van der Waals surface area contributed by atoms with Crippen LogP contribution in [0.5, 0.6) is 0 Å². The van der Waals surface area contributed by atoms with E-state index in [-0.39, 0.29) is 10.8 Å². The Labute approximate surface area is 350 Å². The van der Waals surface area contributed by atoms with E-state index in [1.165, 1.54) is 125 Å². The minimum absolute atomic E-state index is 0.00985. The summed E-state index contributed by atoms with van der Waals surface area (Å²) in [5, 5.41) is 0. The minimum atomic E-state index is 0.00985. The molecule has 290 valence electrons. The number of hydrogen-bond donors (Lipinski definition) is 0. The summed E-state index contributed by atoms with van der Waals surface area (Å²) in [6.07, 6.45) is 11.9. The summed E-state index contributed by atoms with van der Waals surface area (Å²) in [6, 6.07) is 69.0. The molecule has 0 atom stereocenters. The van der Waals surface area contributed by atoms with Gasteiger partial charge in [0.2, 0.25) is 0 Å². The van der Waals surface area contributed by atoms with Crippen molar-refractivity contribution >= 4 is 34.1 Å². The molecule has 13 rings (SSSR count). The maximum absolute atomic E-state index is 2.58. The van der Waals surface area contributed by atoms with Crippen molar-refractivity contribution in [1.29, 1.82) is 0 Å². The van der Waals surface area contributed by atoms with Gasteiger partial charge in [-0.3, -0.25) is 0 Å². The molecule has 6 aliphatic rings. The summed E-state index contributed by atoms with van der Waals surface area (Å²) in [7, 11) is 0. The van der Waals surface area contributed by atoms with Crippen molar-refractivity contribution in [1.82, 2.24) is 0 Å². The molecule has 2 nitrogen and oxygen atoms in total. The number of rotatable bonds is 8. The molecule has 2 heteroatoms. The molecule has 0 heterocycles. The third-order valence-corrected chi connectivity index (χ3v) is 15.6. The monoisotopic (exact) mass is 764 g/mol. The Balaban J connectivity index is 0.981. The summed E-state index contributed by atoms with van der Waals surface area (Å²) in [5.41, 5.74) is 16.4. The van der Waals surface area contributed by atoms with E-state index >= 15 is 0 Å². The lowest BCUT2D eigenvalue weighted by molar-refractivity contribution is -0.0418. The van der Waals surface area contributed by atoms with Crippen LogP contribution in [0.3, 0.4) is 0 Å². The van der Waals surface area contributed by atoms with Gasteiger partial charge in [0, 0.05) is 39.3 Å². The largest absolute Gasteiger partial charge is 0.311 e. The first-order valence-corrected chi connectivity index (χ1v) is 22.4. The van der Waals surface area contributed by atoms with Crippen molar-refractivity contribution in [2.75, 3.05) is 9.80 Å². The smallest absolute Gasteiger partial charge is 0.0508 e.